The molecule has 1 unspecified atom stereocenters. The van der Waals surface area contributed by atoms with Crippen LogP contribution in [0.15, 0.2) is 116 Å². The Kier molecular flexibility index (Phi) is 10.4. The van der Waals surface area contributed by atoms with Gasteiger partial charge in [0, 0.05) is 25.2 Å². The van der Waals surface area contributed by atoms with E-state index in [-0.39, 0.29) is 11.9 Å². The van der Waals surface area contributed by atoms with Crippen LogP contribution in [-0.2, 0) is 15.0 Å². The second kappa shape index (κ2) is 14.6. The average molecular weight is 630 g/mol. The number of hydrogen-bond acceptors (Lipinski definition) is 4. The summed E-state index contributed by atoms with van der Waals surface area (Å²) in [6, 6.07) is 24.2. The lowest BCUT2D eigenvalue weighted by molar-refractivity contribution is -0.141. The maximum absolute atomic E-state index is 13.7. The van der Waals surface area contributed by atoms with Crippen LogP contribution >= 0.6 is 0 Å². The predicted molar refractivity (Wildman–Crippen MR) is 173 cm³/mol. The minimum Gasteiger partial charge on any atom is -0.457 e. The monoisotopic (exact) mass is 629 g/mol. The van der Waals surface area contributed by atoms with E-state index in [4.69, 9.17) is 4.74 Å². The number of carbonyl (C=O) groups is 2. The first-order valence-electron chi connectivity index (χ1n) is 15.5. The topological polar surface area (TPSA) is 70.7 Å². The fourth-order valence-electron chi connectivity index (χ4n) is 6.43. The zero-order valence-electron chi connectivity index (χ0n) is 25.6. The normalized spacial score (nSPS) is 17.4. The summed E-state index contributed by atoms with van der Waals surface area (Å²) in [5, 5.41) is 5.26. The molecule has 1 atom stereocenters. The van der Waals surface area contributed by atoms with Gasteiger partial charge in [-0.05, 0) is 66.3 Å². The van der Waals surface area contributed by atoms with Gasteiger partial charge in [-0.1, -0.05) is 91.9 Å². The minimum absolute atomic E-state index is 0.0295. The van der Waals surface area contributed by atoms with E-state index in [9.17, 15) is 22.8 Å². The molecule has 0 aromatic heterocycles. The van der Waals surface area contributed by atoms with Gasteiger partial charge in [0.15, 0.2) is 0 Å². The van der Waals surface area contributed by atoms with Crippen LogP contribution in [0.2, 0.25) is 0 Å². The molecule has 1 aliphatic heterocycles. The van der Waals surface area contributed by atoms with Crippen LogP contribution in [0.4, 0.5) is 13.2 Å². The molecule has 240 valence electrons. The molecule has 6 nitrogen and oxygen atoms in total. The third kappa shape index (κ3) is 7.77. The van der Waals surface area contributed by atoms with E-state index in [2.05, 4.69) is 22.1 Å². The van der Waals surface area contributed by atoms with Crippen LogP contribution in [-0.4, -0.2) is 55.1 Å². The van der Waals surface area contributed by atoms with Crippen molar-refractivity contribution in [3.63, 3.8) is 0 Å². The molecule has 3 aromatic rings. The lowest BCUT2D eigenvalue weighted by Crippen LogP contribution is -2.47. The number of para-hydroxylation sites is 1. The van der Waals surface area contributed by atoms with Crippen molar-refractivity contribution < 1.29 is 27.5 Å². The number of carbonyl (C=O) groups excluding carboxylic acids is 2. The molecule has 1 heterocycles. The van der Waals surface area contributed by atoms with Crippen molar-refractivity contribution >= 4 is 11.8 Å². The summed E-state index contributed by atoms with van der Waals surface area (Å²) in [5.74, 6) is 0.128. The maximum atomic E-state index is 13.7. The summed E-state index contributed by atoms with van der Waals surface area (Å²) < 4.78 is 45.3. The molecule has 9 heteroatoms. The van der Waals surface area contributed by atoms with Crippen LogP contribution in [0.3, 0.4) is 0 Å². The van der Waals surface area contributed by atoms with Gasteiger partial charge in [0.2, 0.25) is 11.8 Å². The minimum atomic E-state index is -4.51. The van der Waals surface area contributed by atoms with Crippen LogP contribution in [0.5, 0.6) is 5.75 Å². The first-order valence-corrected chi connectivity index (χ1v) is 15.5. The Morgan fingerprint density at radius 3 is 2.26 bits per heavy atom. The molecule has 1 saturated heterocycles. The Morgan fingerprint density at radius 1 is 0.957 bits per heavy atom. The Morgan fingerprint density at radius 2 is 1.61 bits per heavy atom. The van der Waals surface area contributed by atoms with Crippen molar-refractivity contribution in [1.82, 2.24) is 15.5 Å². The molecule has 0 saturated carbocycles. The molecule has 2 N–H and O–H groups in total. The second-order valence-electron chi connectivity index (χ2n) is 11.6. The number of fused-ring (bicyclic) bond motifs is 3. The van der Waals surface area contributed by atoms with Crippen molar-refractivity contribution in [1.29, 1.82) is 0 Å². The summed E-state index contributed by atoms with van der Waals surface area (Å²) in [6.07, 6.45) is 4.46. The molecule has 0 radical (unpaired) electrons. The van der Waals surface area contributed by atoms with Gasteiger partial charge >= 0.3 is 6.18 Å². The third-order valence-electron chi connectivity index (χ3n) is 8.44. The molecule has 46 heavy (non-hydrogen) atoms. The number of benzene rings is 3. The van der Waals surface area contributed by atoms with Gasteiger partial charge in [-0.3, -0.25) is 9.59 Å². The van der Waals surface area contributed by atoms with E-state index in [1.165, 1.54) is 6.08 Å². The molecular weight excluding hydrogens is 591 g/mol. The number of hydrogen-bond donors (Lipinski definition) is 2. The summed E-state index contributed by atoms with van der Waals surface area (Å²) in [7, 11) is 0. The molecule has 5 rings (SSSR count). The van der Waals surface area contributed by atoms with Gasteiger partial charge in [0.05, 0.1) is 0 Å². The van der Waals surface area contributed by atoms with Crippen molar-refractivity contribution in [2.75, 3.05) is 26.2 Å². The first-order chi connectivity index (χ1) is 22.2. The molecule has 2 amide bonds. The van der Waals surface area contributed by atoms with Gasteiger partial charge in [0.25, 0.3) is 0 Å². The molecule has 1 fully saturated rings. The fraction of sp³-hybridized carbons (Fsp3) is 0.297. The summed E-state index contributed by atoms with van der Waals surface area (Å²) in [5.41, 5.74) is 2.04. The van der Waals surface area contributed by atoms with Crippen molar-refractivity contribution in [2.45, 2.75) is 43.3 Å². The number of alkyl halides is 3. The summed E-state index contributed by atoms with van der Waals surface area (Å²) in [4.78, 5) is 28.8. The number of rotatable bonds is 13. The molecule has 1 aliphatic carbocycles. The number of nitrogens with zero attached hydrogens (tertiary/aromatic N) is 1. The van der Waals surface area contributed by atoms with E-state index in [0.717, 1.165) is 48.2 Å². The molecule has 0 spiro atoms. The highest BCUT2D eigenvalue weighted by atomic mass is 19.4. The van der Waals surface area contributed by atoms with E-state index < -0.39 is 24.0 Å². The lowest BCUT2D eigenvalue weighted by Gasteiger charge is -2.31. The van der Waals surface area contributed by atoms with Crippen LogP contribution in [0.25, 0.3) is 11.1 Å². The van der Waals surface area contributed by atoms with Gasteiger partial charge < -0.3 is 20.3 Å². The van der Waals surface area contributed by atoms with Crippen LogP contribution < -0.4 is 15.4 Å². The highest BCUT2D eigenvalue weighted by Gasteiger charge is 2.49. The first kappa shape index (κ1) is 32.8. The van der Waals surface area contributed by atoms with Crippen LogP contribution in [0.1, 0.15) is 36.8 Å². The van der Waals surface area contributed by atoms with E-state index in [1.807, 2.05) is 78.9 Å². The quantitative estimate of drug-likeness (QED) is 0.0956. The van der Waals surface area contributed by atoms with Gasteiger partial charge in [-0.15, -0.1) is 0 Å². The Bertz CT molecular complexity index is 1550. The molecule has 0 bridgehead atoms. The van der Waals surface area contributed by atoms with Gasteiger partial charge in [-0.25, -0.2) is 0 Å². The Labute approximate surface area is 267 Å². The number of ether oxygens (including phenoxy) is 1. The number of likely N-dealkylation sites (tertiary alicyclic amines) is 1. The summed E-state index contributed by atoms with van der Waals surface area (Å²) in [6.45, 7) is 4.53. The maximum Gasteiger partial charge on any atom is 0.405 e. The second-order valence-corrected chi connectivity index (χ2v) is 11.6. The predicted octanol–water partition coefficient (Wildman–Crippen LogP) is 6.70. The highest BCUT2D eigenvalue weighted by Crippen LogP contribution is 2.51. The Hall–Kier alpha value is -4.63. The zero-order chi connectivity index (χ0) is 32.6. The number of nitrogens with one attached hydrogen (secondary N) is 2. The molecule has 2 aliphatic rings. The van der Waals surface area contributed by atoms with E-state index in [0.29, 0.717) is 30.9 Å². The smallest absolute Gasteiger partial charge is 0.405 e. The van der Waals surface area contributed by atoms with Crippen molar-refractivity contribution in [2.24, 2.45) is 0 Å². The number of halogens is 3. The standard InChI is InChI=1S/C37H38F3N3O3/c1-2-3-13-29(46-28-14-5-4-6-15-28)24-34(44)42-27-20-23-43(25-27)22-12-11-21-36(35(45)41-26-37(38,39)40)32-18-9-7-16-30(32)31-17-8-10-19-33(31)36/h2-10,13-19,24,27H,1,11-12,20-23,25-26H2,(H,41,45)(H,42,44)/b13-3-,29-24-. The van der Waals surface area contributed by atoms with Gasteiger partial charge in [-0.2, -0.15) is 13.2 Å². The SMILES string of the molecule is C=C/C=C\C(=C\C(=O)NC1CCN(CCCCC2(C(=O)NCC(F)(F)F)c3ccccc3-c3ccccc32)C1)Oc1ccccc1. The van der Waals surface area contributed by atoms with E-state index in [1.54, 1.807) is 18.2 Å². The average Bonchev–Trinajstić information content (AvgIpc) is 3.61. The lowest BCUT2D eigenvalue weighted by atomic mass is 9.73. The van der Waals surface area contributed by atoms with Crippen molar-refractivity contribution in [3.05, 3.63) is 127 Å². The Balaban J connectivity index is 1.20. The molecule has 3 aromatic carbocycles. The number of allylic oxidation sites excluding steroid dienone is 3. The third-order valence-corrected chi connectivity index (χ3v) is 8.44. The number of unbranched alkanes of at least 4 members (excludes halogenated alkanes) is 1. The van der Waals surface area contributed by atoms with Crippen LogP contribution in [0, 0.1) is 0 Å². The zero-order valence-corrected chi connectivity index (χ0v) is 25.6. The van der Waals surface area contributed by atoms with Gasteiger partial charge in [0.1, 0.15) is 23.5 Å². The van der Waals surface area contributed by atoms with Crippen molar-refractivity contribution in [3.8, 4) is 16.9 Å². The fourth-order valence-corrected chi connectivity index (χ4v) is 6.43. The largest absolute Gasteiger partial charge is 0.457 e. The number of amides is 2. The highest BCUT2D eigenvalue weighted by molar-refractivity contribution is 6.00. The molecular formula is C37H38F3N3O3. The summed E-state index contributed by atoms with van der Waals surface area (Å²) >= 11 is 0. The van der Waals surface area contributed by atoms with E-state index >= 15 is 0 Å².